The van der Waals surface area contributed by atoms with Crippen LogP contribution in [0, 0.1) is 0 Å². The highest BCUT2D eigenvalue weighted by Crippen LogP contribution is 2.20. The zero-order valence-corrected chi connectivity index (χ0v) is 12.4. The molecule has 0 amide bonds. The monoisotopic (exact) mass is 254 g/mol. The maximum Gasteiger partial charge on any atom is 0.284 e. The first-order chi connectivity index (χ1) is 8.80. The molecule has 0 aromatic rings. The second kappa shape index (κ2) is 9.23. The van der Waals surface area contributed by atoms with Crippen LogP contribution in [0.4, 0.5) is 0 Å². The molecule has 18 heavy (non-hydrogen) atoms. The van der Waals surface area contributed by atoms with E-state index in [1.165, 1.54) is 51.4 Å². The second-order valence-corrected chi connectivity index (χ2v) is 5.32. The first-order valence-electron chi connectivity index (χ1n) is 7.68. The van der Waals surface area contributed by atoms with E-state index < -0.39 is 0 Å². The van der Waals surface area contributed by atoms with Crippen LogP contribution in [0.15, 0.2) is 4.99 Å². The van der Waals surface area contributed by atoms with Gasteiger partial charge in [0.25, 0.3) is 6.02 Å². The molecule has 1 aliphatic carbocycles. The Balaban J connectivity index is 2.44. The molecular formula is C15H30N2O. The molecule has 0 radical (unpaired) electrons. The smallest absolute Gasteiger partial charge is 0.284 e. The summed E-state index contributed by atoms with van der Waals surface area (Å²) in [5, 5.41) is 3.46. The minimum Gasteiger partial charge on any atom is -0.469 e. The van der Waals surface area contributed by atoms with Gasteiger partial charge in [0.1, 0.15) is 0 Å². The van der Waals surface area contributed by atoms with Gasteiger partial charge in [-0.1, -0.05) is 46.0 Å². The summed E-state index contributed by atoms with van der Waals surface area (Å²) in [4.78, 5) is 4.73. The number of ether oxygens (including phenoxy) is 1. The zero-order chi connectivity index (χ0) is 13.2. The molecule has 1 saturated carbocycles. The highest BCUT2D eigenvalue weighted by Gasteiger charge is 2.15. The van der Waals surface area contributed by atoms with Crippen LogP contribution < -0.4 is 5.32 Å². The van der Waals surface area contributed by atoms with Gasteiger partial charge in [0.05, 0.1) is 13.2 Å². The van der Waals surface area contributed by atoms with Gasteiger partial charge in [0, 0.05) is 6.04 Å². The van der Waals surface area contributed by atoms with Crippen molar-refractivity contribution in [2.24, 2.45) is 4.99 Å². The summed E-state index contributed by atoms with van der Waals surface area (Å²) in [6.07, 6.45) is 11.3. The molecule has 0 aliphatic heterocycles. The van der Waals surface area contributed by atoms with E-state index in [2.05, 4.69) is 19.2 Å². The fraction of sp³-hybridized carbons (Fsp3) is 0.933. The van der Waals surface area contributed by atoms with Crippen molar-refractivity contribution in [3.8, 4) is 0 Å². The van der Waals surface area contributed by atoms with E-state index in [0.717, 1.165) is 12.4 Å². The molecule has 1 fully saturated rings. The Bertz CT molecular complexity index is 235. The van der Waals surface area contributed by atoms with E-state index in [0.29, 0.717) is 12.1 Å². The third-order valence-corrected chi connectivity index (χ3v) is 3.79. The lowest BCUT2D eigenvalue weighted by atomic mass is 9.96. The van der Waals surface area contributed by atoms with Gasteiger partial charge >= 0.3 is 0 Å². The minimum atomic E-state index is 0.477. The number of aliphatic imine (C=N–C) groups is 1. The van der Waals surface area contributed by atoms with Crippen LogP contribution >= 0.6 is 0 Å². The van der Waals surface area contributed by atoms with Crippen molar-refractivity contribution < 1.29 is 4.74 Å². The maximum absolute atomic E-state index is 5.40. The number of rotatable bonds is 6. The number of amidine groups is 1. The van der Waals surface area contributed by atoms with E-state index >= 15 is 0 Å². The summed E-state index contributed by atoms with van der Waals surface area (Å²) >= 11 is 0. The molecule has 106 valence electrons. The predicted octanol–water partition coefficient (Wildman–Crippen LogP) is 3.88. The second-order valence-electron chi connectivity index (χ2n) is 5.32. The summed E-state index contributed by atoms with van der Waals surface area (Å²) in [6.45, 7) is 4.46. The molecule has 1 N–H and O–H groups in total. The van der Waals surface area contributed by atoms with Crippen molar-refractivity contribution >= 4 is 6.02 Å². The maximum atomic E-state index is 5.40. The Morgan fingerprint density at radius 2 is 2.00 bits per heavy atom. The number of unbranched alkanes of at least 4 members (excludes halogenated alkanes) is 1. The number of hydrogen-bond donors (Lipinski definition) is 1. The quantitative estimate of drug-likeness (QED) is 0.576. The summed E-state index contributed by atoms with van der Waals surface area (Å²) in [6, 6.07) is 1.74. The van der Waals surface area contributed by atoms with Crippen molar-refractivity contribution in [2.75, 3.05) is 7.11 Å². The Morgan fingerprint density at radius 1 is 1.28 bits per heavy atom. The van der Waals surface area contributed by atoms with E-state index in [4.69, 9.17) is 9.73 Å². The molecule has 0 aromatic carbocycles. The van der Waals surface area contributed by atoms with Crippen molar-refractivity contribution in [2.45, 2.75) is 83.7 Å². The third-order valence-electron chi connectivity index (χ3n) is 3.79. The van der Waals surface area contributed by atoms with Gasteiger partial charge in [0.15, 0.2) is 0 Å². The molecule has 1 unspecified atom stereocenters. The number of nitrogens with zero attached hydrogens (tertiary/aromatic N) is 1. The number of nitrogens with one attached hydrogen (secondary N) is 1. The van der Waals surface area contributed by atoms with Crippen molar-refractivity contribution in [3.63, 3.8) is 0 Å². The molecule has 3 nitrogen and oxygen atoms in total. The number of methoxy groups -OCH3 is 1. The van der Waals surface area contributed by atoms with Crippen molar-refractivity contribution in [1.29, 1.82) is 0 Å². The number of hydrogen-bond acceptors (Lipinski definition) is 2. The van der Waals surface area contributed by atoms with Crippen LogP contribution in [-0.4, -0.2) is 25.2 Å². The molecule has 1 rings (SSSR count). The molecule has 0 spiro atoms. The molecular weight excluding hydrogens is 224 g/mol. The molecule has 1 atom stereocenters. The Hall–Kier alpha value is -0.730. The molecule has 0 aromatic heterocycles. The Morgan fingerprint density at radius 3 is 2.56 bits per heavy atom. The van der Waals surface area contributed by atoms with E-state index in [1.54, 1.807) is 7.11 Å². The Kier molecular flexibility index (Phi) is 7.86. The normalized spacial score (nSPS) is 19.6. The van der Waals surface area contributed by atoms with Crippen molar-refractivity contribution in [3.05, 3.63) is 0 Å². The first kappa shape index (κ1) is 15.3. The average molecular weight is 254 g/mol. The lowest BCUT2D eigenvalue weighted by molar-refractivity contribution is 0.347. The Labute approximate surface area is 112 Å². The lowest BCUT2D eigenvalue weighted by Gasteiger charge is -2.22. The van der Waals surface area contributed by atoms with E-state index in [9.17, 15) is 0 Å². The highest BCUT2D eigenvalue weighted by molar-refractivity contribution is 5.73. The van der Waals surface area contributed by atoms with Crippen LogP contribution in [0.25, 0.3) is 0 Å². The summed E-state index contributed by atoms with van der Waals surface area (Å²) in [5.74, 6) is 0. The molecule has 0 saturated heterocycles. The fourth-order valence-electron chi connectivity index (χ4n) is 2.53. The van der Waals surface area contributed by atoms with Crippen LogP contribution in [0.5, 0.6) is 0 Å². The predicted molar refractivity (Wildman–Crippen MR) is 78.1 cm³/mol. The average Bonchev–Trinajstić information content (AvgIpc) is 2.43. The van der Waals surface area contributed by atoms with Gasteiger partial charge in [-0.05, 0) is 25.7 Å². The molecule has 0 heterocycles. The SMILES string of the molecule is CCCCC(CC)NC(=NC1CCCCC1)OC. The summed E-state index contributed by atoms with van der Waals surface area (Å²) < 4.78 is 5.40. The molecule has 3 heteroatoms. The van der Waals surface area contributed by atoms with Gasteiger partial charge in [-0.3, -0.25) is 0 Å². The molecule has 0 bridgehead atoms. The van der Waals surface area contributed by atoms with Gasteiger partial charge in [-0.15, -0.1) is 0 Å². The topological polar surface area (TPSA) is 33.6 Å². The molecule has 1 aliphatic rings. The first-order valence-corrected chi connectivity index (χ1v) is 7.68. The van der Waals surface area contributed by atoms with E-state index in [-0.39, 0.29) is 0 Å². The fourth-order valence-corrected chi connectivity index (χ4v) is 2.53. The van der Waals surface area contributed by atoms with Crippen LogP contribution in [0.3, 0.4) is 0 Å². The summed E-state index contributed by atoms with van der Waals surface area (Å²) in [5.41, 5.74) is 0. The van der Waals surface area contributed by atoms with Gasteiger partial charge in [-0.25, -0.2) is 4.99 Å². The van der Waals surface area contributed by atoms with Gasteiger partial charge < -0.3 is 10.1 Å². The van der Waals surface area contributed by atoms with E-state index in [1.807, 2.05) is 0 Å². The van der Waals surface area contributed by atoms with Gasteiger partial charge in [0.2, 0.25) is 0 Å². The highest BCUT2D eigenvalue weighted by atomic mass is 16.5. The zero-order valence-electron chi connectivity index (χ0n) is 12.4. The minimum absolute atomic E-state index is 0.477. The van der Waals surface area contributed by atoms with Crippen LogP contribution in [0.1, 0.15) is 71.6 Å². The van der Waals surface area contributed by atoms with Crippen LogP contribution in [0.2, 0.25) is 0 Å². The largest absolute Gasteiger partial charge is 0.469 e. The lowest BCUT2D eigenvalue weighted by Crippen LogP contribution is -2.36. The van der Waals surface area contributed by atoms with Crippen molar-refractivity contribution in [1.82, 2.24) is 5.32 Å². The van der Waals surface area contributed by atoms with Gasteiger partial charge in [-0.2, -0.15) is 0 Å². The third kappa shape index (κ3) is 5.74. The summed E-state index contributed by atoms with van der Waals surface area (Å²) in [7, 11) is 1.72. The standard InChI is InChI=1S/C15H30N2O/c1-4-6-10-13(5-2)16-15(18-3)17-14-11-8-7-9-12-14/h13-14H,4-12H2,1-3H3,(H,16,17). The van der Waals surface area contributed by atoms with Crippen LogP contribution in [-0.2, 0) is 4.74 Å².